The van der Waals surface area contributed by atoms with E-state index in [1.54, 1.807) is 6.33 Å². The molecule has 150 valence electrons. The molecule has 9 nitrogen and oxygen atoms in total. The van der Waals surface area contributed by atoms with E-state index in [9.17, 15) is 0 Å². The van der Waals surface area contributed by atoms with Crippen LogP contribution in [0.1, 0.15) is 55.9 Å². The van der Waals surface area contributed by atoms with Crippen LogP contribution in [0.3, 0.4) is 0 Å². The lowest BCUT2D eigenvalue weighted by Crippen LogP contribution is -2.34. The van der Waals surface area contributed by atoms with Crippen molar-refractivity contribution >= 4 is 0 Å². The van der Waals surface area contributed by atoms with Gasteiger partial charge in [-0.05, 0) is 46.7 Å². The molecule has 1 aliphatic heterocycles. The molecule has 0 saturated carbocycles. The van der Waals surface area contributed by atoms with Crippen LogP contribution in [0.4, 0.5) is 0 Å². The summed E-state index contributed by atoms with van der Waals surface area (Å²) in [6, 6.07) is 0. The molecule has 0 unspecified atom stereocenters. The number of imidazole rings is 1. The minimum Gasteiger partial charge on any atom is -0.328 e. The van der Waals surface area contributed by atoms with Crippen molar-refractivity contribution in [2.45, 2.75) is 65.7 Å². The van der Waals surface area contributed by atoms with Crippen molar-refractivity contribution in [1.82, 2.24) is 44.0 Å². The van der Waals surface area contributed by atoms with Crippen LogP contribution in [0, 0.1) is 6.92 Å². The zero-order chi connectivity index (χ0) is 19.5. The van der Waals surface area contributed by atoms with Gasteiger partial charge >= 0.3 is 0 Å². The van der Waals surface area contributed by atoms with Gasteiger partial charge in [0.1, 0.15) is 23.8 Å². The van der Waals surface area contributed by atoms with Gasteiger partial charge in [0.15, 0.2) is 5.82 Å². The van der Waals surface area contributed by atoms with Crippen LogP contribution in [0.5, 0.6) is 0 Å². The normalized spacial score (nSPS) is 16.1. The average Bonchev–Trinajstić information content (AvgIpc) is 3.43. The predicted octanol–water partition coefficient (Wildman–Crippen LogP) is 1.84. The van der Waals surface area contributed by atoms with E-state index in [4.69, 9.17) is 0 Å². The fourth-order valence-corrected chi connectivity index (χ4v) is 4.06. The van der Waals surface area contributed by atoms with Gasteiger partial charge in [-0.1, -0.05) is 0 Å². The summed E-state index contributed by atoms with van der Waals surface area (Å²) >= 11 is 0. The molecular weight excluding hydrogens is 354 g/mol. The number of piperidine rings is 1. The van der Waals surface area contributed by atoms with Gasteiger partial charge in [-0.3, -0.25) is 4.90 Å². The van der Waals surface area contributed by atoms with Gasteiger partial charge in [-0.15, -0.1) is 10.2 Å². The van der Waals surface area contributed by atoms with Crippen LogP contribution in [0.15, 0.2) is 18.7 Å². The molecule has 0 aromatic carbocycles. The number of aromatic nitrogens is 8. The standard InChI is InChI=1S/C19H29N9/c1-4-27-18(13-26-11-8-20-15(26)3)23-24-19(27)16-6-9-25(10-7-16)12-17-21-14-22-28(17)5-2/h8,11,14,16H,4-7,9-10,12-13H2,1-3H3. The van der Waals surface area contributed by atoms with E-state index in [2.05, 4.69) is 53.1 Å². The number of likely N-dealkylation sites (tertiary alicyclic amines) is 1. The minimum absolute atomic E-state index is 0.463. The van der Waals surface area contributed by atoms with Crippen LogP contribution in [-0.4, -0.2) is 57.1 Å². The maximum atomic E-state index is 4.58. The van der Waals surface area contributed by atoms with Crippen molar-refractivity contribution in [3.8, 4) is 0 Å². The summed E-state index contributed by atoms with van der Waals surface area (Å²) in [7, 11) is 0. The van der Waals surface area contributed by atoms with E-state index in [0.717, 1.165) is 75.4 Å². The van der Waals surface area contributed by atoms with Crippen molar-refractivity contribution < 1.29 is 0 Å². The molecule has 4 rings (SSSR count). The van der Waals surface area contributed by atoms with Crippen LogP contribution in [0.2, 0.25) is 0 Å². The van der Waals surface area contributed by atoms with Crippen LogP contribution in [-0.2, 0) is 26.2 Å². The Balaban J connectivity index is 1.41. The Bertz CT molecular complexity index is 898. The minimum atomic E-state index is 0.463. The molecule has 0 radical (unpaired) electrons. The highest BCUT2D eigenvalue weighted by molar-refractivity contribution is 5.06. The molecule has 0 amide bonds. The Morgan fingerprint density at radius 1 is 1.00 bits per heavy atom. The molecule has 0 aliphatic carbocycles. The summed E-state index contributed by atoms with van der Waals surface area (Å²) in [6.45, 7) is 11.7. The summed E-state index contributed by atoms with van der Waals surface area (Å²) in [5.41, 5.74) is 0. The molecule has 0 spiro atoms. The van der Waals surface area contributed by atoms with Gasteiger partial charge in [-0.2, -0.15) is 5.10 Å². The highest BCUT2D eigenvalue weighted by Gasteiger charge is 2.26. The third-order valence-corrected chi connectivity index (χ3v) is 5.72. The first-order valence-electron chi connectivity index (χ1n) is 10.2. The topological polar surface area (TPSA) is 82.5 Å². The monoisotopic (exact) mass is 383 g/mol. The molecular formula is C19H29N9. The zero-order valence-corrected chi connectivity index (χ0v) is 17.0. The van der Waals surface area contributed by atoms with Gasteiger partial charge in [0.2, 0.25) is 0 Å². The number of hydrogen-bond acceptors (Lipinski definition) is 6. The van der Waals surface area contributed by atoms with Gasteiger partial charge in [-0.25, -0.2) is 14.6 Å². The maximum Gasteiger partial charge on any atom is 0.153 e. The molecule has 3 aromatic heterocycles. The molecule has 28 heavy (non-hydrogen) atoms. The Labute approximate surface area is 165 Å². The molecule has 3 aromatic rings. The van der Waals surface area contributed by atoms with E-state index in [0.29, 0.717) is 5.92 Å². The molecule has 0 bridgehead atoms. The lowest BCUT2D eigenvalue weighted by molar-refractivity contribution is 0.193. The van der Waals surface area contributed by atoms with Gasteiger partial charge < -0.3 is 9.13 Å². The zero-order valence-electron chi connectivity index (χ0n) is 17.0. The maximum absolute atomic E-state index is 4.58. The largest absolute Gasteiger partial charge is 0.328 e. The quantitative estimate of drug-likeness (QED) is 0.619. The second-order valence-electron chi connectivity index (χ2n) is 7.36. The molecule has 1 aliphatic rings. The molecule has 1 fully saturated rings. The highest BCUT2D eigenvalue weighted by Crippen LogP contribution is 2.28. The SMILES string of the molecule is CCn1ncnc1CN1CCC(c2nnc(Cn3ccnc3C)n2CC)CC1. The molecule has 4 heterocycles. The van der Waals surface area contributed by atoms with Crippen molar-refractivity contribution in [1.29, 1.82) is 0 Å². The highest BCUT2D eigenvalue weighted by atomic mass is 15.3. The van der Waals surface area contributed by atoms with Gasteiger partial charge in [0.05, 0.1) is 13.1 Å². The summed E-state index contributed by atoms with van der Waals surface area (Å²) in [5, 5.41) is 13.4. The Morgan fingerprint density at radius 2 is 1.82 bits per heavy atom. The van der Waals surface area contributed by atoms with E-state index < -0.39 is 0 Å². The second-order valence-corrected chi connectivity index (χ2v) is 7.36. The van der Waals surface area contributed by atoms with Crippen molar-refractivity contribution in [2.24, 2.45) is 0 Å². The lowest BCUT2D eigenvalue weighted by atomic mass is 9.96. The first-order valence-corrected chi connectivity index (χ1v) is 10.2. The summed E-state index contributed by atoms with van der Waals surface area (Å²) in [6.07, 6.45) is 7.68. The number of rotatable bonds is 7. The first kappa shape index (κ1) is 18.8. The second kappa shape index (κ2) is 8.22. The van der Waals surface area contributed by atoms with E-state index in [1.165, 1.54) is 0 Å². The van der Waals surface area contributed by atoms with Crippen molar-refractivity contribution in [3.05, 3.63) is 42.0 Å². The predicted molar refractivity (Wildman–Crippen MR) is 105 cm³/mol. The van der Waals surface area contributed by atoms with Crippen LogP contribution < -0.4 is 0 Å². The van der Waals surface area contributed by atoms with Crippen molar-refractivity contribution in [3.63, 3.8) is 0 Å². The average molecular weight is 384 g/mol. The first-order chi connectivity index (χ1) is 13.7. The van der Waals surface area contributed by atoms with E-state index >= 15 is 0 Å². The smallest absolute Gasteiger partial charge is 0.153 e. The van der Waals surface area contributed by atoms with Gasteiger partial charge in [0, 0.05) is 31.4 Å². The third kappa shape index (κ3) is 3.71. The number of aryl methyl sites for hydroxylation is 2. The molecule has 9 heteroatoms. The Kier molecular flexibility index (Phi) is 5.52. The van der Waals surface area contributed by atoms with E-state index in [1.807, 2.05) is 24.0 Å². The Morgan fingerprint density at radius 3 is 2.50 bits per heavy atom. The van der Waals surface area contributed by atoms with E-state index in [-0.39, 0.29) is 0 Å². The summed E-state index contributed by atoms with van der Waals surface area (Å²) < 4.78 is 6.38. The lowest BCUT2D eigenvalue weighted by Gasteiger charge is -2.31. The number of nitrogens with zero attached hydrogens (tertiary/aromatic N) is 9. The summed E-state index contributed by atoms with van der Waals surface area (Å²) in [5.74, 6) is 4.66. The third-order valence-electron chi connectivity index (χ3n) is 5.72. The van der Waals surface area contributed by atoms with Crippen molar-refractivity contribution in [2.75, 3.05) is 13.1 Å². The van der Waals surface area contributed by atoms with Gasteiger partial charge in [0.25, 0.3) is 0 Å². The fraction of sp³-hybridized carbons (Fsp3) is 0.632. The molecule has 0 N–H and O–H groups in total. The summed E-state index contributed by atoms with van der Waals surface area (Å²) in [4.78, 5) is 11.2. The van der Waals surface area contributed by atoms with Crippen LogP contribution >= 0.6 is 0 Å². The fourth-order valence-electron chi connectivity index (χ4n) is 4.06. The Hall–Kier alpha value is -2.55. The molecule has 0 atom stereocenters. The van der Waals surface area contributed by atoms with Crippen LogP contribution in [0.25, 0.3) is 0 Å². The molecule has 1 saturated heterocycles. The number of hydrogen-bond donors (Lipinski definition) is 0.